The number of amides is 1. The van der Waals surface area contributed by atoms with Crippen LogP contribution in [0.1, 0.15) is 26.2 Å². The largest absolute Gasteiger partial charge is 0.406 e. The normalized spacial score (nSPS) is 21.1. The van der Waals surface area contributed by atoms with Crippen LogP contribution in [0.15, 0.2) is 0 Å². The van der Waals surface area contributed by atoms with Crippen LogP contribution in [0.3, 0.4) is 0 Å². The lowest BCUT2D eigenvalue weighted by Crippen LogP contribution is -2.40. The molecular formula is C10H16F3NO2. The number of carbonyl (C=O) groups excluding carboxylic acids is 1. The fourth-order valence-corrected chi connectivity index (χ4v) is 1.72. The number of carbonyl (C=O) groups is 1. The third-order valence-corrected chi connectivity index (χ3v) is 2.53. The van der Waals surface area contributed by atoms with Crippen LogP contribution < -0.4 is 0 Å². The van der Waals surface area contributed by atoms with E-state index in [1.165, 1.54) is 0 Å². The Morgan fingerprint density at radius 2 is 2.19 bits per heavy atom. The van der Waals surface area contributed by atoms with Gasteiger partial charge in [-0.15, -0.1) is 0 Å². The smallest absolute Gasteiger partial charge is 0.378 e. The average Bonchev–Trinajstić information content (AvgIpc) is 2.65. The fourth-order valence-electron chi connectivity index (χ4n) is 1.72. The zero-order valence-corrected chi connectivity index (χ0v) is 9.22. The maximum atomic E-state index is 12.1. The van der Waals surface area contributed by atoms with Gasteiger partial charge in [-0.2, -0.15) is 13.2 Å². The van der Waals surface area contributed by atoms with Gasteiger partial charge in [-0.1, -0.05) is 0 Å². The Bertz CT molecular complexity index is 237. The first-order chi connectivity index (χ1) is 7.42. The molecule has 1 amide bonds. The van der Waals surface area contributed by atoms with Gasteiger partial charge in [0.15, 0.2) is 0 Å². The van der Waals surface area contributed by atoms with E-state index >= 15 is 0 Å². The van der Waals surface area contributed by atoms with Crippen molar-refractivity contribution in [3.8, 4) is 0 Å². The Balaban J connectivity index is 2.42. The van der Waals surface area contributed by atoms with E-state index in [1.807, 2.05) is 0 Å². The van der Waals surface area contributed by atoms with E-state index in [4.69, 9.17) is 4.74 Å². The minimum absolute atomic E-state index is 0.0594. The quantitative estimate of drug-likeness (QED) is 0.750. The van der Waals surface area contributed by atoms with Crippen molar-refractivity contribution in [2.45, 2.75) is 38.5 Å². The van der Waals surface area contributed by atoms with Gasteiger partial charge in [0.05, 0.1) is 12.5 Å². The van der Waals surface area contributed by atoms with E-state index in [-0.39, 0.29) is 19.1 Å². The first-order valence-electron chi connectivity index (χ1n) is 5.38. The van der Waals surface area contributed by atoms with Gasteiger partial charge in [-0.25, -0.2) is 0 Å². The molecule has 1 heterocycles. The van der Waals surface area contributed by atoms with Gasteiger partial charge >= 0.3 is 6.18 Å². The molecule has 1 aliphatic rings. The van der Waals surface area contributed by atoms with Crippen LogP contribution in [0.4, 0.5) is 13.2 Å². The number of ether oxygens (including phenoxy) is 1. The van der Waals surface area contributed by atoms with Crippen molar-refractivity contribution < 1.29 is 22.7 Å². The number of hydrogen-bond acceptors (Lipinski definition) is 2. The molecule has 0 aliphatic carbocycles. The lowest BCUT2D eigenvalue weighted by molar-refractivity contribution is -0.162. The number of rotatable bonds is 4. The summed E-state index contributed by atoms with van der Waals surface area (Å²) in [7, 11) is 0. The second kappa shape index (κ2) is 5.52. The van der Waals surface area contributed by atoms with E-state index in [0.29, 0.717) is 6.61 Å². The Morgan fingerprint density at radius 3 is 2.62 bits per heavy atom. The summed E-state index contributed by atoms with van der Waals surface area (Å²) in [4.78, 5) is 12.4. The number of alkyl halides is 3. The van der Waals surface area contributed by atoms with E-state index in [1.54, 1.807) is 6.92 Å². The maximum absolute atomic E-state index is 12.1. The Hall–Kier alpha value is -0.780. The highest BCUT2D eigenvalue weighted by atomic mass is 19.4. The molecule has 0 spiro atoms. The summed E-state index contributed by atoms with van der Waals surface area (Å²) in [5, 5.41) is 0. The number of halogens is 3. The molecule has 0 N–H and O–H groups in total. The van der Waals surface area contributed by atoms with Gasteiger partial charge in [0.1, 0.15) is 6.54 Å². The molecule has 0 radical (unpaired) electrons. The van der Waals surface area contributed by atoms with E-state index in [0.717, 1.165) is 17.7 Å². The molecule has 0 aromatic heterocycles. The molecule has 3 nitrogen and oxygen atoms in total. The SMILES string of the molecule is CCN(CC(F)(F)F)C(=O)CC1CCCO1. The Kier molecular flexibility index (Phi) is 4.58. The van der Waals surface area contributed by atoms with Crippen molar-refractivity contribution in [2.24, 2.45) is 0 Å². The van der Waals surface area contributed by atoms with Crippen molar-refractivity contribution >= 4 is 5.91 Å². The molecule has 1 saturated heterocycles. The van der Waals surface area contributed by atoms with Crippen LogP contribution in [-0.4, -0.2) is 42.8 Å². The lowest BCUT2D eigenvalue weighted by atomic mass is 10.1. The van der Waals surface area contributed by atoms with E-state index in [9.17, 15) is 18.0 Å². The highest BCUT2D eigenvalue weighted by Crippen LogP contribution is 2.20. The second-order valence-corrected chi connectivity index (χ2v) is 3.86. The van der Waals surface area contributed by atoms with Crippen LogP contribution in [-0.2, 0) is 9.53 Å². The molecule has 1 fully saturated rings. The predicted octanol–water partition coefficient (Wildman–Crippen LogP) is 1.97. The fraction of sp³-hybridized carbons (Fsp3) is 0.900. The number of hydrogen-bond donors (Lipinski definition) is 0. The van der Waals surface area contributed by atoms with Gasteiger partial charge in [0.2, 0.25) is 5.91 Å². The zero-order chi connectivity index (χ0) is 12.2. The Labute approximate surface area is 92.5 Å². The van der Waals surface area contributed by atoms with Crippen LogP contribution in [0.2, 0.25) is 0 Å². The molecular weight excluding hydrogens is 223 g/mol. The highest BCUT2D eigenvalue weighted by Gasteiger charge is 2.33. The van der Waals surface area contributed by atoms with Gasteiger partial charge in [-0.05, 0) is 19.8 Å². The topological polar surface area (TPSA) is 29.5 Å². The molecule has 16 heavy (non-hydrogen) atoms. The summed E-state index contributed by atoms with van der Waals surface area (Å²) in [5.41, 5.74) is 0. The average molecular weight is 239 g/mol. The molecule has 1 rings (SSSR count). The number of nitrogens with zero attached hydrogens (tertiary/aromatic N) is 1. The van der Waals surface area contributed by atoms with Crippen LogP contribution in [0.5, 0.6) is 0 Å². The summed E-state index contributed by atoms with van der Waals surface area (Å²) in [6.45, 7) is 1.04. The van der Waals surface area contributed by atoms with Gasteiger partial charge in [-0.3, -0.25) is 4.79 Å². The minimum Gasteiger partial charge on any atom is -0.378 e. The molecule has 0 saturated carbocycles. The molecule has 6 heteroatoms. The summed E-state index contributed by atoms with van der Waals surface area (Å²) in [6.07, 6.45) is -2.83. The third-order valence-electron chi connectivity index (χ3n) is 2.53. The van der Waals surface area contributed by atoms with Gasteiger partial charge in [0, 0.05) is 13.2 Å². The predicted molar refractivity (Wildman–Crippen MR) is 51.9 cm³/mol. The van der Waals surface area contributed by atoms with Crippen LogP contribution >= 0.6 is 0 Å². The van der Waals surface area contributed by atoms with Crippen molar-refractivity contribution in [1.82, 2.24) is 4.90 Å². The summed E-state index contributed by atoms with van der Waals surface area (Å²) in [5.74, 6) is -0.480. The Morgan fingerprint density at radius 1 is 1.50 bits per heavy atom. The molecule has 0 aromatic rings. The monoisotopic (exact) mass is 239 g/mol. The summed E-state index contributed by atoms with van der Waals surface area (Å²) >= 11 is 0. The van der Waals surface area contributed by atoms with E-state index in [2.05, 4.69) is 0 Å². The van der Waals surface area contributed by atoms with E-state index < -0.39 is 18.6 Å². The summed E-state index contributed by atoms with van der Waals surface area (Å²) in [6, 6.07) is 0. The van der Waals surface area contributed by atoms with Gasteiger partial charge in [0.25, 0.3) is 0 Å². The van der Waals surface area contributed by atoms with Gasteiger partial charge < -0.3 is 9.64 Å². The molecule has 1 atom stereocenters. The molecule has 1 aliphatic heterocycles. The van der Waals surface area contributed by atoms with Crippen molar-refractivity contribution in [3.63, 3.8) is 0 Å². The standard InChI is InChI=1S/C10H16F3NO2/c1-2-14(7-10(11,12)13)9(15)6-8-4-3-5-16-8/h8H,2-7H2,1H3. The highest BCUT2D eigenvalue weighted by molar-refractivity contribution is 5.76. The zero-order valence-electron chi connectivity index (χ0n) is 9.22. The van der Waals surface area contributed by atoms with Crippen LogP contribution in [0.25, 0.3) is 0 Å². The molecule has 94 valence electrons. The second-order valence-electron chi connectivity index (χ2n) is 3.86. The van der Waals surface area contributed by atoms with Crippen molar-refractivity contribution in [1.29, 1.82) is 0 Å². The molecule has 0 aromatic carbocycles. The molecule has 1 unspecified atom stereocenters. The first-order valence-corrected chi connectivity index (χ1v) is 5.38. The minimum atomic E-state index is -4.33. The molecule has 0 bridgehead atoms. The maximum Gasteiger partial charge on any atom is 0.406 e. The van der Waals surface area contributed by atoms with Crippen molar-refractivity contribution in [2.75, 3.05) is 19.7 Å². The van der Waals surface area contributed by atoms with Crippen molar-refractivity contribution in [3.05, 3.63) is 0 Å². The third kappa shape index (κ3) is 4.38. The summed E-state index contributed by atoms with van der Waals surface area (Å²) < 4.78 is 41.6. The van der Waals surface area contributed by atoms with Crippen LogP contribution in [0, 0.1) is 0 Å². The lowest BCUT2D eigenvalue weighted by Gasteiger charge is -2.23. The first kappa shape index (κ1) is 13.3.